The van der Waals surface area contributed by atoms with Gasteiger partial charge in [0.25, 0.3) is 0 Å². The van der Waals surface area contributed by atoms with Crippen molar-refractivity contribution in [2.24, 2.45) is 0 Å². The summed E-state index contributed by atoms with van der Waals surface area (Å²) >= 11 is 0. The van der Waals surface area contributed by atoms with E-state index < -0.39 is 0 Å². The maximum Gasteiger partial charge on any atom is 0.0462 e. The Labute approximate surface area is 105 Å². The molecule has 0 aliphatic carbocycles. The smallest absolute Gasteiger partial charge is 0.0462 e. The molecular weight excluding hydrogens is 212 g/mol. The molecule has 96 valence electrons. The third-order valence-electron chi connectivity index (χ3n) is 2.87. The summed E-state index contributed by atoms with van der Waals surface area (Å²) in [5.41, 5.74) is 1.18. The van der Waals surface area contributed by atoms with Crippen molar-refractivity contribution in [2.45, 2.75) is 38.6 Å². The number of rotatable bonds is 9. The van der Waals surface area contributed by atoms with E-state index in [1.807, 2.05) is 12.3 Å². The molecule has 0 aliphatic heterocycles. The van der Waals surface area contributed by atoms with Crippen molar-refractivity contribution >= 4 is 0 Å². The van der Waals surface area contributed by atoms with Crippen LogP contribution < -0.4 is 5.32 Å². The molecule has 0 saturated carbocycles. The lowest BCUT2D eigenvalue weighted by atomic mass is 10.0. The summed E-state index contributed by atoms with van der Waals surface area (Å²) in [5.74, 6) is 0. The summed E-state index contributed by atoms with van der Waals surface area (Å²) in [6, 6.07) is 6.69. The van der Waals surface area contributed by atoms with Crippen molar-refractivity contribution in [3.05, 3.63) is 30.1 Å². The molecule has 3 nitrogen and oxygen atoms in total. The monoisotopic (exact) mass is 236 g/mol. The average Bonchev–Trinajstić information content (AvgIpc) is 2.37. The normalized spacial score (nSPS) is 12.6. The second-order valence-electron chi connectivity index (χ2n) is 4.25. The van der Waals surface area contributed by atoms with Crippen molar-refractivity contribution in [3.8, 4) is 0 Å². The van der Waals surface area contributed by atoms with Gasteiger partial charge in [0.1, 0.15) is 0 Å². The van der Waals surface area contributed by atoms with Crippen molar-refractivity contribution in [2.75, 3.05) is 20.3 Å². The Kier molecular flexibility index (Phi) is 7.60. The molecule has 0 amide bonds. The quantitative estimate of drug-likeness (QED) is 0.669. The lowest BCUT2D eigenvalue weighted by molar-refractivity contribution is 0.188. The van der Waals surface area contributed by atoms with Crippen molar-refractivity contribution in [1.82, 2.24) is 10.3 Å². The highest BCUT2D eigenvalue weighted by atomic mass is 16.5. The Balaban J connectivity index is 2.28. The van der Waals surface area contributed by atoms with Crippen LogP contribution in [-0.4, -0.2) is 31.3 Å². The van der Waals surface area contributed by atoms with E-state index in [-0.39, 0.29) is 0 Å². The molecule has 1 rings (SSSR count). The van der Waals surface area contributed by atoms with Crippen LogP contribution in [0.1, 0.15) is 31.9 Å². The number of aromatic nitrogens is 1. The molecule has 1 heterocycles. The number of nitrogens with one attached hydrogen (secondary N) is 1. The van der Waals surface area contributed by atoms with E-state index in [0.717, 1.165) is 32.4 Å². The summed E-state index contributed by atoms with van der Waals surface area (Å²) in [7, 11) is 1.76. The highest BCUT2D eigenvalue weighted by molar-refractivity contribution is 5.03. The van der Waals surface area contributed by atoms with E-state index in [1.165, 1.54) is 12.1 Å². The fraction of sp³-hybridized carbons (Fsp3) is 0.643. The maximum atomic E-state index is 5.09. The summed E-state index contributed by atoms with van der Waals surface area (Å²) < 4.78 is 5.09. The van der Waals surface area contributed by atoms with Crippen LogP contribution in [0.3, 0.4) is 0 Å². The van der Waals surface area contributed by atoms with Crippen LogP contribution in [-0.2, 0) is 11.2 Å². The fourth-order valence-electron chi connectivity index (χ4n) is 1.98. The molecule has 17 heavy (non-hydrogen) atoms. The molecule has 1 atom stereocenters. The van der Waals surface area contributed by atoms with Gasteiger partial charge in [0, 0.05) is 31.6 Å². The highest BCUT2D eigenvalue weighted by Crippen LogP contribution is 2.07. The predicted octanol–water partition coefficient (Wildman–Crippen LogP) is 2.42. The van der Waals surface area contributed by atoms with Gasteiger partial charge in [-0.2, -0.15) is 0 Å². The first-order valence-electron chi connectivity index (χ1n) is 6.49. The molecule has 3 heteroatoms. The molecule has 1 aromatic heterocycles. The number of hydrogen-bond donors (Lipinski definition) is 1. The third-order valence-corrected chi connectivity index (χ3v) is 2.87. The van der Waals surface area contributed by atoms with Crippen molar-refractivity contribution in [1.29, 1.82) is 0 Å². The van der Waals surface area contributed by atoms with E-state index in [2.05, 4.69) is 29.4 Å². The second kappa shape index (κ2) is 9.14. The fourth-order valence-corrected chi connectivity index (χ4v) is 1.98. The summed E-state index contributed by atoms with van der Waals surface area (Å²) in [6.45, 7) is 4.04. The molecule has 1 N–H and O–H groups in total. The summed E-state index contributed by atoms with van der Waals surface area (Å²) in [6.07, 6.45) is 6.35. The lowest BCUT2D eigenvalue weighted by Gasteiger charge is -2.17. The SMILES string of the molecule is CCNC(CCCOC)CCc1ccccn1. The Morgan fingerprint density at radius 3 is 2.88 bits per heavy atom. The van der Waals surface area contributed by atoms with Crippen LogP contribution in [0.4, 0.5) is 0 Å². The zero-order valence-corrected chi connectivity index (χ0v) is 11.0. The largest absolute Gasteiger partial charge is 0.385 e. The number of methoxy groups -OCH3 is 1. The zero-order valence-electron chi connectivity index (χ0n) is 11.0. The van der Waals surface area contributed by atoms with Gasteiger partial charge in [0.05, 0.1) is 0 Å². The first kappa shape index (κ1) is 14.1. The van der Waals surface area contributed by atoms with Gasteiger partial charge >= 0.3 is 0 Å². The summed E-state index contributed by atoms with van der Waals surface area (Å²) in [4.78, 5) is 4.35. The van der Waals surface area contributed by atoms with Gasteiger partial charge in [0.2, 0.25) is 0 Å². The van der Waals surface area contributed by atoms with Gasteiger partial charge in [-0.3, -0.25) is 4.98 Å². The maximum absolute atomic E-state index is 5.09. The van der Waals surface area contributed by atoms with Gasteiger partial charge < -0.3 is 10.1 Å². The third kappa shape index (κ3) is 6.39. The van der Waals surface area contributed by atoms with Crippen molar-refractivity contribution in [3.63, 3.8) is 0 Å². The van der Waals surface area contributed by atoms with Crippen LogP contribution in [0.2, 0.25) is 0 Å². The molecule has 1 aromatic rings. The first-order chi connectivity index (χ1) is 8.36. The Hall–Kier alpha value is -0.930. The number of aryl methyl sites for hydroxylation is 1. The first-order valence-corrected chi connectivity index (χ1v) is 6.49. The van der Waals surface area contributed by atoms with Gasteiger partial charge in [-0.25, -0.2) is 0 Å². The molecule has 0 fully saturated rings. The molecular formula is C14H24N2O. The van der Waals surface area contributed by atoms with Gasteiger partial charge in [0.15, 0.2) is 0 Å². The number of ether oxygens (including phenoxy) is 1. The molecule has 0 spiro atoms. The van der Waals surface area contributed by atoms with Crippen LogP contribution in [0.15, 0.2) is 24.4 Å². The molecule has 1 unspecified atom stereocenters. The number of nitrogens with zero attached hydrogens (tertiary/aromatic N) is 1. The van der Waals surface area contributed by atoms with E-state index in [4.69, 9.17) is 4.74 Å². The topological polar surface area (TPSA) is 34.1 Å². The molecule has 0 bridgehead atoms. The minimum absolute atomic E-state index is 0.581. The van der Waals surface area contributed by atoms with Crippen LogP contribution >= 0.6 is 0 Å². The molecule has 0 radical (unpaired) electrons. The van der Waals surface area contributed by atoms with Gasteiger partial charge in [-0.1, -0.05) is 13.0 Å². The predicted molar refractivity (Wildman–Crippen MR) is 71.1 cm³/mol. The highest BCUT2D eigenvalue weighted by Gasteiger charge is 2.07. The lowest BCUT2D eigenvalue weighted by Crippen LogP contribution is -2.29. The van der Waals surface area contributed by atoms with Crippen LogP contribution in [0.25, 0.3) is 0 Å². The molecule has 0 aromatic carbocycles. The van der Waals surface area contributed by atoms with Crippen LogP contribution in [0.5, 0.6) is 0 Å². The average molecular weight is 236 g/mol. The number of pyridine rings is 1. The van der Waals surface area contributed by atoms with E-state index in [0.29, 0.717) is 6.04 Å². The van der Waals surface area contributed by atoms with Gasteiger partial charge in [-0.15, -0.1) is 0 Å². The van der Waals surface area contributed by atoms with Gasteiger partial charge in [-0.05, 0) is 44.4 Å². The minimum Gasteiger partial charge on any atom is -0.385 e. The standard InChI is InChI=1S/C14H24N2O/c1-3-15-13(8-6-12-17-2)9-10-14-7-4-5-11-16-14/h4-5,7,11,13,15H,3,6,8-10,12H2,1-2H3. The van der Waals surface area contributed by atoms with Crippen LogP contribution in [0, 0.1) is 0 Å². The van der Waals surface area contributed by atoms with Crippen molar-refractivity contribution < 1.29 is 4.74 Å². The second-order valence-corrected chi connectivity index (χ2v) is 4.25. The minimum atomic E-state index is 0.581. The summed E-state index contributed by atoms with van der Waals surface area (Å²) in [5, 5.41) is 3.53. The zero-order chi connectivity index (χ0) is 12.3. The Morgan fingerprint density at radius 1 is 1.35 bits per heavy atom. The van der Waals surface area contributed by atoms with E-state index in [9.17, 15) is 0 Å². The Morgan fingerprint density at radius 2 is 2.24 bits per heavy atom. The number of hydrogen-bond acceptors (Lipinski definition) is 3. The Bertz CT molecular complexity index is 277. The van der Waals surface area contributed by atoms with E-state index in [1.54, 1.807) is 7.11 Å². The molecule has 0 saturated heterocycles. The van der Waals surface area contributed by atoms with E-state index >= 15 is 0 Å². The molecule has 0 aliphatic rings.